The summed E-state index contributed by atoms with van der Waals surface area (Å²) in [6, 6.07) is 7.32. The molecule has 0 saturated carbocycles. The lowest BCUT2D eigenvalue weighted by atomic mass is 9.93. The van der Waals surface area contributed by atoms with E-state index in [-0.39, 0.29) is 0 Å². The Morgan fingerprint density at radius 1 is 1.00 bits per heavy atom. The fraction of sp³-hybridized carbons (Fsp3) is 0. The van der Waals surface area contributed by atoms with Gasteiger partial charge in [-0.15, -0.1) is 0 Å². The highest BCUT2D eigenvalue weighted by molar-refractivity contribution is 6.51. The van der Waals surface area contributed by atoms with Crippen molar-refractivity contribution in [2.24, 2.45) is 0 Å². The molecule has 0 atom stereocenters. The van der Waals surface area contributed by atoms with E-state index in [4.69, 9.17) is 0 Å². The first-order chi connectivity index (χ1) is 7.77. The molecule has 3 rings (SSSR count). The number of hydrogen-bond acceptors (Lipinski definition) is 3. The Morgan fingerprint density at radius 3 is 2.69 bits per heavy atom. The number of carbonyl (C=O) groups is 2. The molecule has 3 nitrogen and oxygen atoms in total. The topological polar surface area (TPSA) is 47.0 Å². The van der Waals surface area contributed by atoms with Crippen molar-refractivity contribution in [1.29, 1.82) is 0 Å². The van der Waals surface area contributed by atoms with E-state index in [2.05, 4.69) is 4.98 Å². The zero-order valence-corrected chi connectivity index (χ0v) is 8.31. The van der Waals surface area contributed by atoms with Gasteiger partial charge >= 0.3 is 0 Å². The first-order valence-electron chi connectivity index (χ1n) is 4.92. The Morgan fingerprint density at radius 2 is 1.81 bits per heavy atom. The summed E-state index contributed by atoms with van der Waals surface area (Å²) >= 11 is 0. The summed E-state index contributed by atoms with van der Waals surface area (Å²) in [6.45, 7) is 0. The van der Waals surface area contributed by atoms with Crippen LogP contribution in [0.15, 0.2) is 36.5 Å². The number of rotatable bonds is 0. The van der Waals surface area contributed by atoms with Gasteiger partial charge in [0.25, 0.3) is 0 Å². The fourth-order valence-corrected chi connectivity index (χ4v) is 1.90. The standard InChI is InChI=1S/C13H7NO2/c15-11-6-5-8-7-14-10-4-2-1-3-9(10)12(8)13(11)16/h1-7H. The lowest BCUT2D eigenvalue weighted by Crippen LogP contribution is -2.16. The van der Waals surface area contributed by atoms with Crippen LogP contribution in [-0.4, -0.2) is 16.6 Å². The highest BCUT2D eigenvalue weighted by atomic mass is 16.2. The van der Waals surface area contributed by atoms with Crippen LogP contribution in [-0.2, 0) is 4.79 Å². The Balaban J connectivity index is 2.46. The maximum atomic E-state index is 11.8. The summed E-state index contributed by atoms with van der Waals surface area (Å²) in [6.07, 6.45) is 4.55. The van der Waals surface area contributed by atoms with Gasteiger partial charge in [-0.05, 0) is 18.2 Å². The minimum absolute atomic E-state index is 0.448. The number of Topliss-reactive ketones (excluding diaryl/α,β-unsaturated/α-hetero) is 1. The van der Waals surface area contributed by atoms with E-state index in [1.807, 2.05) is 24.3 Å². The van der Waals surface area contributed by atoms with Crippen molar-refractivity contribution in [3.8, 4) is 0 Å². The van der Waals surface area contributed by atoms with Crippen molar-refractivity contribution >= 4 is 28.5 Å². The van der Waals surface area contributed by atoms with E-state index >= 15 is 0 Å². The summed E-state index contributed by atoms with van der Waals surface area (Å²) < 4.78 is 0. The first kappa shape index (κ1) is 8.97. The Labute approximate surface area is 91.4 Å². The van der Waals surface area contributed by atoms with Crippen molar-refractivity contribution in [2.45, 2.75) is 0 Å². The summed E-state index contributed by atoms with van der Waals surface area (Å²) in [5, 5.41) is 0.739. The van der Waals surface area contributed by atoms with Crippen LogP contribution >= 0.6 is 0 Å². The average Bonchev–Trinajstić information content (AvgIpc) is 2.33. The Hall–Kier alpha value is -2.29. The lowest BCUT2D eigenvalue weighted by Gasteiger charge is -2.10. The second kappa shape index (κ2) is 3.10. The summed E-state index contributed by atoms with van der Waals surface area (Å²) in [7, 11) is 0. The van der Waals surface area contributed by atoms with Crippen LogP contribution < -0.4 is 0 Å². The zero-order chi connectivity index (χ0) is 11.1. The van der Waals surface area contributed by atoms with Crippen LogP contribution in [0.25, 0.3) is 17.0 Å². The molecule has 0 saturated heterocycles. The van der Waals surface area contributed by atoms with Crippen LogP contribution in [0.5, 0.6) is 0 Å². The fourth-order valence-electron chi connectivity index (χ4n) is 1.90. The van der Waals surface area contributed by atoms with Crippen LogP contribution in [0, 0.1) is 0 Å². The molecule has 1 aliphatic rings. The number of fused-ring (bicyclic) bond motifs is 3. The highest BCUT2D eigenvalue weighted by Crippen LogP contribution is 2.24. The second-order valence-corrected chi connectivity index (χ2v) is 3.63. The van der Waals surface area contributed by atoms with Crippen molar-refractivity contribution < 1.29 is 9.59 Å². The minimum Gasteiger partial charge on any atom is -0.286 e. The Bertz CT molecular complexity index is 656. The van der Waals surface area contributed by atoms with Crippen LogP contribution in [0.4, 0.5) is 0 Å². The monoisotopic (exact) mass is 209 g/mol. The molecule has 0 aliphatic heterocycles. The molecular weight excluding hydrogens is 202 g/mol. The molecule has 0 bridgehead atoms. The largest absolute Gasteiger partial charge is 0.286 e. The smallest absolute Gasteiger partial charge is 0.234 e. The summed E-state index contributed by atoms with van der Waals surface area (Å²) in [4.78, 5) is 27.4. The van der Waals surface area contributed by atoms with Crippen molar-refractivity contribution in [2.75, 3.05) is 0 Å². The van der Waals surface area contributed by atoms with E-state index in [0.717, 1.165) is 10.9 Å². The van der Waals surface area contributed by atoms with Gasteiger partial charge in [-0.25, -0.2) is 0 Å². The normalized spacial score (nSPS) is 14.2. The van der Waals surface area contributed by atoms with E-state index in [1.165, 1.54) is 6.08 Å². The number of carbonyl (C=O) groups excluding carboxylic acids is 2. The van der Waals surface area contributed by atoms with Crippen molar-refractivity contribution in [3.63, 3.8) is 0 Å². The summed E-state index contributed by atoms with van der Waals surface area (Å²) in [5.41, 5.74) is 1.92. The van der Waals surface area contributed by atoms with E-state index < -0.39 is 11.6 Å². The van der Waals surface area contributed by atoms with E-state index in [9.17, 15) is 9.59 Å². The molecule has 0 fully saturated rings. The van der Waals surface area contributed by atoms with Gasteiger partial charge < -0.3 is 0 Å². The average molecular weight is 209 g/mol. The van der Waals surface area contributed by atoms with E-state index in [1.54, 1.807) is 12.3 Å². The van der Waals surface area contributed by atoms with Gasteiger partial charge in [0.15, 0.2) is 0 Å². The SMILES string of the molecule is O=C1C=Cc2cnc3ccccc3c2C1=O. The Kier molecular flexibility index (Phi) is 1.74. The van der Waals surface area contributed by atoms with Gasteiger partial charge in [-0.1, -0.05) is 18.2 Å². The quantitative estimate of drug-likeness (QED) is 0.623. The van der Waals surface area contributed by atoms with Crippen LogP contribution in [0.3, 0.4) is 0 Å². The molecule has 0 amide bonds. The number of para-hydroxylation sites is 1. The van der Waals surface area contributed by atoms with Crippen molar-refractivity contribution in [3.05, 3.63) is 47.7 Å². The number of pyridine rings is 1. The molecule has 0 unspecified atom stereocenters. The predicted octanol–water partition coefficient (Wildman–Crippen LogP) is 2.01. The molecule has 1 aromatic carbocycles. The van der Waals surface area contributed by atoms with E-state index in [0.29, 0.717) is 11.1 Å². The zero-order valence-electron chi connectivity index (χ0n) is 8.31. The number of benzene rings is 1. The first-order valence-corrected chi connectivity index (χ1v) is 4.92. The number of hydrogen-bond donors (Lipinski definition) is 0. The third-order valence-electron chi connectivity index (χ3n) is 2.67. The van der Waals surface area contributed by atoms with Gasteiger partial charge in [0.1, 0.15) is 0 Å². The molecule has 1 aliphatic carbocycles. The summed E-state index contributed by atoms with van der Waals surface area (Å²) in [5.74, 6) is -0.917. The number of ketones is 2. The molecule has 2 aromatic rings. The van der Waals surface area contributed by atoms with Crippen LogP contribution in [0.1, 0.15) is 15.9 Å². The molecule has 0 radical (unpaired) electrons. The van der Waals surface area contributed by atoms with Gasteiger partial charge in [-0.3, -0.25) is 14.6 Å². The van der Waals surface area contributed by atoms with Gasteiger partial charge in [-0.2, -0.15) is 0 Å². The maximum Gasteiger partial charge on any atom is 0.234 e. The predicted molar refractivity (Wildman–Crippen MR) is 60.1 cm³/mol. The van der Waals surface area contributed by atoms with Gasteiger partial charge in [0, 0.05) is 22.7 Å². The van der Waals surface area contributed by atoms with Crippen LogP contribution in [0.2, 0.25) is 0 Å². The highest BCUT2D eigenvalue weighted by Gasteiger charge is 2.23. The van der Waals surface area contributed by atoms with Gasteiger partial charge in [0.05, 0.1) is 5.52 Å². The minimum atomic E-state index is -0.469. The molecule has 16 heavy (non-hydrogen) atoms. The van der Waals surface area contributed by atoms with Crippen molar-refractivity contribution in [1.82, 2.24) is 4.98 Å². The third kappa shape index (κ3) is 1.11. The van der Waals surface area contributed by atoms with Gasteiger partial charge in [0.2, 0.25) is 11.6 Å². The number of aromatic nitrogens is 1. The number of allylic oxidation sites excluding steroid dienone is 1. The lowest BCUT2D eigenvalue weighted by molar-refractivity contribution is -0.110. The number of nitrogens with zero attached hydrogens (tertiary/aromatic N) is 1. The maximum absolute atomic E-state index is 11.8. The molecule has 0 spiro atoms. The molecule has 0 N–H and O–H groups in total. The molecule has 76 valence electrons. The second-order valence-electron chi connectivity index (χ2n) is 3.63. The molecule has 1 aromatic heterocycles. The third-order valence-corrected chi connectivity index (χ3v) is 2.67. The molecular formula is C13H7NO2. The molecule has 3 heteroatoms. The molecule has 1 heterocycles.